The average molecular weight is 260 g/mol. The van der Waals surface area contributed by atoms with Gasteiger partial charge in [-0.1, -0.05) is 12.1 Å². The molecule has 4 nitrogen and oxygen atoms in total. The molecule has 1 heterocycles. The molecule has 0 spiro atoms. The molecule has 0 saturated carbocycles. The van der Waals surface area contributed by atoms with Gasteiger partial charge in [-0.2, -0.15) is 9.78 Å². The first-order valence-corrected chi connectivity index (χ1v) is 5.75. The van der Waals surface area contributed by atoms with E-state index < -0.39 is 11.7 Å². The van der Waals surface area contributed by atoms with Crippen LogP contribution >= 0.6 is 0 Å². The minimum absolute atomic E-state index is 0.212. The lowest BCUT2D eigenvalue weighted by Gasteiger charge is -2.19. The Labute approximate surface area is 110 Å². The summed E-state index contributed by atoms with van der Waals surface area (Å²) in [5.41, 5.74) is 0.120. The maximum Gasteiger partial charge on any atom is 0.435 e. The van der Waals surface area contributed by atoms with E-state index >= 15 is 0 Å². The summed E-state index contributed by atoms with van der Waals surface area (Å²) in [6, 6.07) is 6.96. The second kappa shape index (κ2) is 4.73. The van der Waals surface area contributed by atoms with Crippen LogP contribution in [0.2, 0.25) is 0 Å². The van der Waals surface area contributed by atoms with Crippen LogP contribution in [0.1, 0.15) is 26.5 Å². The molecule has 1 aromatic carbocycles. The summed E-state index contributed by atoms with van der Waals surface area (Å²) in [4.78, 5) is 12.0. The molecule has 0 aliphatic rings. The average Bonchev–Trinajstić information content (AvgIpc) is 2.67. The van der Waals surface area contributed by atoms with Crippen molar-refractivity contribution in [3.8, 4) is 12.1 Å². The molecule has 0 amide bonds. The molecule has 0 bridgehead atoms. The smallest absolute Gasteiger partial charge is 0.435 e. The summed E-state index contributed by atoms with van der Waals surface area (Å²) in [6.07, 6.45) is 0.684. The van der Waals surface area contributed by atoms with Gasteiger partial charge < -0.3 is 4.74 Å². The number of carbonyl (C=O) groups is 1. The van der Waals surface area contributed by atoms with Crippen LogP contribution in [0.5, 0.6) is 0 Å². The Morgan fingerprint density at radius 3 is 2.68 bits per heavy atom. The van der Waals surface area contributed by atoms with Crippen LogP contribution in [0.25, 0.3) is 10.9 Å². The van der Waals surface area contributed by atoms with E-state index in [1.807, 2.05) is 0 Å². The van der Waals surface area contributed by atoms with Crippen LogP contribution in [-0.4, -0.2) is 21.5 Å². The topological polar surface area (TPSA) is 44.1 Å². The standard InChI is InChI=1S/C14H13FN2O2/c1-14(2,3)19-13(18)17-12-7-5-4-6-10(12)11(16-17)8-9-15/h4-7H,1-3H3. The Bertz CT molecular complexity index is 687. The Hall–Kier alpha value is -2.35. The molecule has 98 valence electrons. The first-order valence-electron chi connectivity index (χ1n) is 5.75. The van der Waals surface area contributed by atoms with Crippen molar-refractivity contribution in [3.63, 3.8) is 0 Å². The molecule has 0 fully saturated rings. The lowest BCUT2D eigenvalue weighted by atomic mass is 10.2. The first kappa shape index (κ1) is 13.1. The molecule has 0 atom stereocenters. The predicted molar refractivity (Wildman–Crippen MR) is 69.4 cm³/mol. The van der Waals surface area contributed by atoms with E-state index in [1.54, 1.807) is 45.0 Å². The molecule has 0 radical (unpaired) electrons. The minimum atomic E-state index is -0.629. The second-order valence-corrected chi connectivity index (χ2v) is 4.98. The van der Waals surface area contributed by atoms with Gasteiger partial charge in [-0.15, -0.1) is 4.39 Å². The normalized spacial score (nSPS) is 10.9. The Balaban J connectivity index is 2.54. The molecule has 5 heteroatoms. The van der Waals surface area contributed by atoms with Gasteiger partial charge in [0.1, 0.15) is 17.5 Å². The number of fused-ring (bicyclic) bond motifs is 1. The van der Waals surface area contributed by atoms with Gasteiger partial charge in [0, 0.05) is 5.39 Å². The highest BCUT2D eigenvalue weighted by molar-refractivity contribution is 5.91. The number of hydrogen-bond acceptors (Lipinski definition) is 3. The van der Waals surface area contributed by atoms with Crippen LogP contribution < -0.4 is 0 Å². The summed E-state index contributed by atoms with van der Waals surface area (Å²) in [5, 5.41) is 4.60. The van der Waals surface area contributed by atoms with E-state index in [-0.39, 0.29) is 5.69 Å². The summed E-state index contributed by atoms with van der Waals surface area (Å²) < 4.78 is 18.5. The lowest BCUT2D eigenvalue weighted by molar-refractivity contribution is 0.0522. The van der Waals surface area contributed by atoms with Gasteiger partial charge in [-0.3, -0.25) is 0 Å². The molecular formula is C14H13FN2O2. The van der Waals surface area contributed by atoms with Gasteiger partial charge in [0.15, 0.2) is 0 Å². The van der Waals surface area contributed by atoms with Gasteiger partial charge >= 0.3 is 6.09 Å². The van der Waals surface area contributed by atoms with Crippen molar-refractivity contribution in [3.05, 3.63) is 30.0 Å². The third-order valence-electron chi connectivity index (χ3n) is 2.32. The third-order valence-corrected chi connectivity index (χ3v) is 2.32. The third kappa shape index (κ3) is 2.74. The molecular weight excluding hydrogens is 247 g/mol. The Morgan fingerprint density at radius 2 is 2.05 bits per heavy atom. The maximum absolute atomic E-state index is 12.2. The summed E-state index contributed by atoms with van der Waals surface area (Å²) in [7, 11) is 0. The fourth-order valence-corrected chi connectivity index (χ4v) is 1.65. The van der Waals surface area contributed by atoms with Gasteiger partial charge in [0.05, 0.1) is 5.52 Å². The lowest BCUT2D eigenvalue weighted by Crippen LogP contribution is -2.27. The molecule has 0 aliphatic carbocycles. The highest BCUT2D eigenvalue weighted by atomic mass is 19.1. The first-order chi connectivity index (χ1) is 8.92. The number of para-hydroxylation sites is 1. The number of rotatable bonds is 0. The van der Waals surface area contributed by atoms with Crippen molar-refractivity contribution >= 4 is 17.0 Å². The number of nitrogens with zero attached hydrogens (tertiary/aromatic N) is 2. The quantitative estimate of drug-likeness (QED) is 0.684. The zero-order chi connectivity index (χ0) is 14.0. The van der Waals surface area contributed by atoms with Crippen LogP contribution in [0.4, 0.5) is 9.18 Å². The van der Waals surface area contributed by atoms with Crippen LogP contribution in [0, 0.1) is 12.1 Å². The summed E-state index contributed by atoms with van der Waals surface area (Å²) >= 11 is 0. The van der Waals surface area contributed by atoms with Gasteiger partial charge in [-0.05, 0) is 38.8 Å². The van der Waals surface area contributed by atoms with Gasteiger partial charge in [0.25, 0.3) is 0 Å². The largest absolute Gasteiger partial charge is 0.442 e. The minimum Gasteiger partial charge on any atom is -0.442 e. The summed E-state index contributed by atoms with van der Waals surface area (Å²) in [5.74, 6) is 2.23. The van der Waals surface area contributed by atoms with Crippen molar-refractivity contribution in [2.75, 3.05) is 0 Å². The van der Waals surface area contributed by atoms with Crippen LogP contribution in [-0.2, 0) is 4.74 Å². The molecule has 0 aliphatic heterocycles. The Kier molecular flexibility index (Phi) is 3.26. The monoisotopic (exact) mass is 260 g/mol. The van der Waals surface area contributed by atoms with E-state index in [4.69, 9.17) is 4.74 Å². The highest BCUT2D eigenvalue weighted by Gasteiger charge is 2.21. The SMILES string of the molecule is CC(C)(C)OC(=O)n1nc(C#CF)c2ccccc21. The van der Waals surface area contributed by atoms with Crippen molar-refractivity contribution in [2.45, 2.75) is 26.4 Å². The van der Waals surface area contributed by atoms with E-state index in [0.29, 0.717) is 10.9 Å². The predicted octanol–water partition coefficient (Wildman–Crippen LogP) is 3.10. The van der Waals surface area contributed by atoms with Gasteiger partial charge in [-0.25, -0.2) is 4.79 Å². The number of halogens is 1. The van der Waals surface area contributed by atoms with Crippen molar-refractivity contribution < 1.29 is 13.9 Å². The zero-order valence-corrected chi connectivity index (χ0v) is 10.9. The maximum atomic E-state index is 12.2. The molecule has 1 aromatic heterocycles. The zero-order valence-electron chi connectivity index (χ0n) is 10.9. The number of hydrogen-bond donors (Lipinski definition) is 0. The van der Waals surface area contributed by atoms with Gasteiger partial charge in [0.2, 0.25) is 0 Å². The molecule has 2 rings (SSSR count). The van der Waals surface area contributed by atoms with E-state index in [1.165, 1.54) is 6.17 Å². The molecule has 19 heavy (non-hydrogen) atoms. The van der Waals surface area contributed by atoms with Crippen molar-refractivity contribution in [1.82, 2.24) is 9.78 Å². The van der Waals surface area contributed by atoms with Crippen LogP contribution in [0.3, 0.4) is 0 Å². The second-order valence-electron chi connectivity index (χ2n) is 4.98. The molecule has 0 N–H and O–H groups in total. The van der Waals surface area contributed by atoms with E-state index in [2.05, 4.69) is 11.0 Å². The summed E-state index contributed by atoms with van der Waals surface area (Å²) in [6.45, 7) is 5.29. The Morgan fingerprint density at radius 1 is 1.37 bits per heavy atom. The fourth-order valence-electron chi connectivity index (χ4n) is 1.65. The van der Waals surface area contributed by atoms with Crippen molar-refractivity contribution in [1.29, 1.82) is 0 Å². The molecule has 0 unspecified atom stereocenters. The van der Waals surface area contributed by atoms with Crippen molar-refractivity contribution in [2.24, 2.45) is 0 Å². The fraction of sp³-hybridized carbons (Fsp3) is 0.286. The molecule has 0 saturated heterocycles. The number of benzene rings is 1. The molecule has 2 aromatic rings. The highest BCUT2D eigenvalue weighted by Crippen LogP contribution is 2.19. The van der Waals surface area contributed by atoms with E-state index in [9.17, 15) is 9.18 Å². The number of carbonyl (C=O) groups excluding carboxylic acids is 1. The van der Waals surface area contributed by atoms with Crippen LogP contribution in [0.15, 0.2) is 24.3 Å². The number of aromatic nitrogens is 2. The number of ether oxygens (including phenoxy) is 1. The van der Waals surface area contributed by atoms with E-state index in [0.717, 1.165) is 4.68 Å².